The summed E-state index contributed by atoms with van der Waals surface area (Å²) in [5.74, 6) is 4.61. The first-order valence-electron chi connectivity index (χ1n) is 5.85. The molecule has 104 valence electrons. The van der Waals surface area contributed by atoms with E-state index >= 15 is 0 Å². The van der Waals surface area contributed by atoms with Crippen molar-refractivity contribution >= 4 is 33.2 Å². The second-order valence-corrected chi connectivity index (χ2v) is 5.13. The zero-order valence-corrected chi connectivity index (χ0v) is 12.3. The normalized spacial score (nSPS) is 10.2. The molecule has 0 fully saturated rings. The number of hydrogen-bond acceptors (Lipinski definition) is 3. The lowest BCUT2D eigenvalue weighted by atomic mass is 10.1. The number of rotatable bonds is 3. The third-order valence-corrected chi connectivity index (χ3v) is 3.44. The van der Waals surface area contributed by atoms with Gasteiger partial charge in [0.05, 0.1) is 16.9 Å². The van der Waals surface area contributed by atoms with Gasteiger partial charge in [-0.3, -0.25) is 10.6 Å². The van der Waals surface area contributed by atoms with Gasteiger partial charge in [0.2, 0.25) is 0 Å². The highest BCUT2D eigenvalue weighted by atomic mass is 79.9. The summed E-state index contributed by atoms with van der Waals surface area (Å²) in [7, 11) is 0. The number of amides is 1. The summed E-state index contributed by atoms with van der Waals surface area (Å²) < 4.78 is 13.8. The molecule has 2 rings (SSSR count). The molecule has 0 bridgehead atoms. The van der Waals surface area contributed by atoms with Crippen molar-refractivity contribution < 1.29 is 9.18 Å². The second-order valence-electron chi connectivity index (χ2n) is 4.27. The number of nitrogens with two attached hydrogens (primary N) is 1. The van der Waals surface area contributed by atoms with Crippen LogP contribution in [0.2, 0.25) is 0 Å². The SMILES string of the molecule is Cc1ccc(C(=O)Nc2cc(F)ccc2Br)c(NN)c1. The van der Waals surface area contributed by atoms with Crippen LogP contribution in [-0.4, -0.2) is 5.91 Å². The van der Waals surface area contributed by atoms with Gasteiger partial charge in [-0.2, -0.15) is 0 Å². The van der Waals surface area contributed by atoms with Crippen LogP contribution >= 0.6 is 15.9 Å². The molecule has 0 spiro atoms. The molecule has 4 nitrogen and oxygen atoms in total. The zero-order chi connectivity index (χ0) is 14.7. The van der Waals surface area contributed by atoms with Gasteiger partial charge in [0.25, 0.3) is 5.91 Å². The molecule has 1 amide bonds. The van der Waals surface area contributed by atoms with Gasteiger partial charge in [-0.15, -0.1) is 0 Å². The predicted octanol–water partition coefficient (Wildman–Crippen LogP) is 3.43. The van der Waals surface area contributed by atoms with E-state index in [1.807, 2.05) is 6.92 Å². The third kappa shape index (κ3) is 3.15. The first kappa shape index (κ1) is 14.5. The van der Waals surface area contributed by atoms with E-state index in [0.717, 1.165) is 5.56 Å². The predicted molar refractivity (Wildman–Crippen MR) is 81.0 cm³/mol. The number of nitrogen functional groups attached to an aromatic ring is 1. The van der Waals surface area contributed by atoms with Gasteiger partial charge in [0.15, 0.2) is 0 Å². The van der Waals surface area contributed by atoms with Crippen LogP contribution in [0.15, 0.2) is 40.9 Å². The fourth-order valence-electron chi connectivity index (χ4n) is 1.76. The van der Waals surface area contributed by atoms with Gasteiger partial charge in [-0.25, -0.2) is 4.39 Å². The number of hydrogen-bond donors (Lipinski definition) is 3. The fraction of sp³-hybridized carbons (Fsp3) is 0.0714. The van der Waals surface area contributed by atoms with E-state index in [-0.39, 0.29) is 5.91 Å². The Hall–Kier alpha value is -1.92. The summed E-state index contributed by atoms with van der Waals surface area (Å²) >= 11 is 3.26. The van der Waals surface area contributed by atoms with Crippen molar-refractivity contribution in [3.05, 3.63) is 57.8 Å². The van der Waals surface area contributed by atoms with Crippen LogP contribution in [0.3, 0.4) is 0 Å². The lowest BCUT2D eigenvalue weighted by molar-refractivity contribution is 0.102. The maximum absolute atomic E-state index is 13.2. The Balaban J connectivity index is 2.30. The first-order valence-corrected chi connectivity index (χ1v) is 6.64. The molecule has 6 heteroatoms. The molecular formula is C14H13BrFN3O. The largest absolute Gasteiger partial charge is 0.323 e. The topological polar surface area (TPSA) is 67.2 Å². The molecule has 20 heavy (non-hydrogen) atoms. The van der Waals surface area contributed by atoms with Crippen LogP contribution in [0.25, 0.3) is 0 Å². The molecule has 0 aliphatic heterocycles. The summed E-state index contributed by atoms with van der Waals surface area (Å²) in [5.41, 5.74) is 4.71. The molecule has 0 radical (unpaired) electrons. The van der Waals surface area contributed by atoms with E-state index in [4.69, 9.17) is 5.84 Å². The van der Waals surface area contributed by atoms with Crippen molar-refractivity contribution in [1.82, 2.24) is 0 Å². The maximum atomic E-state index is 13.2. The van der Waals surface area contributed by atoms with Gasteiger partial charge in [-0.05, 0) is 58.7 Å². The van der Waals surface area contributed by atoms with Gasteiger partial charge in [0, 0.05) is 4.47 Å². The number of carbonyl (C=O) groups excluding carboxylic acids is 1. The molecule has 4 N–H and O–H groups in total. The van der Waals surface area contributed by atoms with E-state index in [1.165, 1.54) is 18.2 Å². The number of aryl methyl sites for hydroxylation is 1. The summed E-state index contributed by atoms with van der Waals surface area (Å²) in [6.07, 6.45) is 0. The van der Waals surface area contributed by atoms with E-state index in [2.05, 4.69) is 26.7 Å². The molecule has 0 saturated heterocycles. The molecule has 2 aromatic carbocycles. The molecule has 0 saturated carbocycles. The summed E-state index contributed by atoms with van der Waals surface area (Å²) in [6.45, 7) is 1.89. The average Bonchev–Trinajstić information content (AvgIpc) is 2.42. The number of hydrazine groups is 1. The van der Waals surface area contributed by atoms with Crippen LogP contribution in [0.5, 0.6) is 0 Å². The Bertz CT molecular complexity index is 661. The highest BCUT2D eigenvalue weighted by Gasteiger charge is 2.13. The van der Waals surface area contributed by atoms with Crippen molar-refractivity contribution in [2.24, 2.45) is 5.84 Å². The second kappa shape index (κ2) is 6.02. The Kier molecular flexibility index (Phi) is 4.36. The fourth-order valence-corrected chi connectivity index (χ4v) is 2.10. The summed E-state index contributed by atoms with van der Waals surface area (Å²) in [4.78, 5) is 12.2. The lowest BCUT2D eigenvalue weighted by Gasteiger charge is -2.11. The number of halogens is 2. The van der Waals surface area contributed by atoms with E-state index < -0.39 is 5.82 Å². The standard InChI is InChI=1S/C14H13BrFN3O/c1-8-2-4-10(12(6-8)19-17)14(20)18-13-7-9(16)3-5-11(13)15/h2-7,19H,17H2,1H3,(H,18,20). The minimum Gasteiger partial charge on any atom is -0.323 e. The highest BCUT2D eigenvalue weighted by Crippen LogP contribution is 2.25. The third-order valence-electron chi connectivity index (χ3n) is 2.75. The van der Waals surface area contributed by atoms with Crippen molar-refractivity contribution in [3.8, 4) is 0 Å². The Morgan fingerprint density at radius 3 is 2.65 bits per heavy atom. The molecule has 0 aliphatic rings. The number of anilines is 2. The van der Waals surface area contributed by atoms with Crippen molar-refractivity contribution in [2.45, 2.75) is 6.92 Å². The van der Waals surface area contributed by atoms with Gasteiger partial charge in [-0.1, -0.05) is 6.07 Å². The smallest absolute Gasteiger partial charge is 0.257 e. The molecule has 0 aliphatic carbocycles. The average molecular weight is 338 g/mol. The quantitative estimate of drug-likeness (QED) is 0.593. The van der Waals surface area contributed by atoms with Crippen LogP contribution in [0, 0.1) is 12.7 Å². The molecular weight excluding hydrogens is 325 g/mol. The Morgan fingerprint density at radius 1 is 1.20 bits per heavy atom. The van der Waals surface area contributed by atoms with Gasteiger partial charge < -0.3 is 10.7 Å². The Morgan fingerprint density at radius 2 is 1.95 bits per heavy atom. The maximum Gasteiger partial charge on any atom is 0.257 e. The lowest BCUT2D eigenvalue weighted by Crippen LogP contribution is -2.17. The van der Waals surface area contributed by atoms with Crippen molar-refractivity contribution in [2.75, 3.05) is 10.7 Å². The van der Waals surface area contributed by atoms with Crippen molar-refractivity contribution in [1.29, 1.82) is 0 Å². The molecule has 0 aromatic heterocycles. The summed E-state index contributed by atoms with van der Waals surface area (Å²) in [6, 6.07) is 9.30. The number of nitrogens with one attached hydrogen (secondary N) is 2. The Labute approximate surface area is 124 Å². The summed E-state index contributed by atoms with van der Waals surface area (Å²) in [5, 5.41) is 2.64. The molecule has 0 atom stereocenters. The van der Waals surface area contributed by atoms with Crippen LogP contribution in [-0.2, 0) is 0 Å². The van der Waals surface area contributed by atoms with E-state index in [1.54, 1.807) is 18.2 Å². The molecule has 0 unspecified atom stereocenters. The van der Waals surface area contributed by atoms with Gasteiger partial charge >= 0.3 is 0 Å². The number of carbonyl (C=O) groups is 1. The van der Waals surface area contributed by atoms with Crippen LogP contribution in [0.1, 0.15) is 15.9 Å². The van der Waals surface area contributed by atoms with E-state index in [9.17, 15) is 9.18 Å². The monoisotopic (exact) mass is 337 g/mol. The van der Waals surface area contributed by atoms with Gasteiger partial charge in [0.1, 0.15) is 5.82 Å². The first-order chi connectivity index (χ1) is 9.51. The van der Waals surface area contributed by atoms with Crippen LogP contribution < -0.4 is 16.6 Å². The zero-order valence-electron chi connectivity index (χ0n) is 10.7. The van der Waals surface area contributed by atoms with Crippen LogP contribution in [0.4, 0.5) is 15.8 Å². The molecule has 0 heterocycles. The van der Waals surface area contributed by atoms with Crippen molar-refractivity contribution in [3.63, 3.8) is 0 Å². The minimum absolute atomic E-state index is 0.360. The molecule has 2 aromatic rings. The van der Waals surface area contributed by atoms with E-state index in [0.29, 0.717) is 21.4 Å². The minimum atomic E-state index is -0.426. The number of benzene rings is 2. The highest BCUT2D eigenvalue weighted by molar-refractivity contribution is 9.10.